The molecule has 6 nitrogen and oxygen atoms in total. The topological polar surface area (TPSA) is 70.4 Å². The maximum absolute atomic E-state index is 12.6. The van der Waals surface area contributed by atoms with Crippen LogP contribution in [-0.4, -0.2) is 21.5 Å². The molecule has 26 heavy (non-hydrogen) atoms. The van der Waals surface area contributed by atoms with Crippen LogP contribution in [0.5, 0.6) is 11.5 Å². The molecule has 0 unspecified atom stereocenters. The summed E-state index contributed by atoms with van der Waals surface area (Å²) in [7, 11) is 0. The van der Waals surface area contributed by atoms with Crippen molar-refractivity contribution < 1.29 is 19.1 Å². The van der Waals surface area contributed by atoms with E-state index in [0.717, 1.165) is 16.8 Å². The fraction of sp³-hybridized carbons (Fsp3) is 0.350. The third-order valence-corrected chi connectivity index (χ3v) is 4.76. The van der Waals surface area contributed by atoms with Gasteiger partial charge in [0.25, 0.3) is 0 Å². The maximum Gasteiger partial charge on any atom is 0.312 e. The van der Waals surface area contributed by atoms with Crippen LogP contribution in [0.4, 0.5) is 0 Å². The molecule has 0 N–H and O–H groups in total. The summed E-state index contributed by atoms with van der Waals surface area (Å²) in [6.07, 6.45) is 1.91. The highest BCUT2D eigenvalue weighted by molar-refractivity contribution is 6.13. The van der Waals surface area contributed by atoms with Crippen LogP contribution < -0.4 is 9.47 Å². The molecule has 2 aliphatic heterocycles. The van der Waals surface area contributed by atoms with Crippen LogP contribution in [0.2, 0.25) is 0 Å². The molecule has 1 atom stereocenters. The Morgan fingerprint density at radius 2 is 1.96 bits per heavy atom. The molecule has 2 aliphatic rings. The smallest absolute Gasteiger partial charge is 0.312 e. The number of ketones is 1. The highest BCUT2D eigenvalue weighted by Gasteiger charge is 2.39. The molecule has 1 aromatic carbocycles. The van der Waals surface area contributed by atoms with Crippen LogP contribution in [0.25, 0.3) is 0 Å². The zero-order valence-corrected chi connectivity index (χ0v) is 15.2. The van der Waals surface area contributed by atoms with Crippen LogP contribution in [0.1, 0.15) is 67.7 Å². The van der Waals surface area contributed by atoms with Gasteiger partial charge < -0.3 is 9.47 Å². The average Bonchev–Trinajstić information content (AvgIpc) is 3.19. The Bertz CT molecular complexity index is 964. The van der Waals surface area contributed by atoms with E-state index in [2.05, 4.69) is 5.10 Å². The molecule has 0 aliphatic carbocycles. The van der Waals surface area contributed by atoms with Gasteiger partial charge in [-0.3, -0.25) is 14.3 Å². The lowest BCUT2D eigenvalue weighted by Gasteiger charge is -2.27. The first kappa shape index (κ1) is 16.6. The Morgan fingerprint density at radius 3 is 2.65 bits per heavy atom. The highest BCUT2D eigenvalue weighted by Crippen LogP contribution is 2.49. The fourth-order valence-corrected chi connectivity index (χ4v) is 3.61. The van der Waals surface area contributed by atoms with E-state index in [1.54, 1.807) is 18.3 Å². The number of hydrogen-bond donors (Lipinski definition) is 0. The van der Waals surface area contributed by atoms with Gasteiger partial charge in [-0.05, 0) is 51.5 Å². The number of carbonyl (C=O) groups is 2. The van der Waals surface area contributed by atoms with Crippen molar-refractivity contribution in [2.75, 3.05) is 0 Å². The third-order valence-electron chi connectivity index (χ3n) is 4.76. The Morgan fingerprint density at radius 1 is 1.19 bits per heavy atom. The lowest BCUT2D eigenvalue weighted by molar-refractivity contribution is -0.135. The second kappa shape index (κ2) is 5.83. The number of fused-ring (bicyclic) bond motifs is 3. The van der Waals surface area contributed by atoms with Crippen molar-refractivity contribution in [1.82, 2.24) is 9.78 Å². The third kappa shape index (κ3) is 2.36. The molecule has 0 spiro atoms. The van der Waals surface area contributed by atoms with E-state index in [1.807, 2.05) is 38.4 Å². The second-order valence-electron chi connectivity index (χ2n) is 7.14. The quantitative estimate of drug-likeness (QED) is 0.467. The van der Waals surface area contributed by atoms with Crippen molar-refractivity contribution in [3.8, 4) is 11.5 Å². The van der Waals surface area contributed by atoms with Crippen molar-refractivity contribution in [1.29, 1.82) is 0 Å². The number of hydrogen-bond acceptors (Lipinski definition) is 5. The van der Waals surface area contributed by atoms with Gasteiger partial charge in [0.15, 0.2) is 5.76 Å². The minimum Gasteiger partial charge on any atom is -0.452 e. The van der Waals surface area contributed by atoms with Crippen molar-refractivity contribution in [3.05, 3.63) is 52.5 Å². The molecule has 0 fully saturated rings. The van der Waals surface area contributed by atoms with Gasteiger partial charge in [0.2, 0.25) is 5.78 Å². The molecule has 2 aromatic rings. The number of rotatable bonds is 2. The zero-order chi connectivity index (χ0) is 18.6. The van der Waals surface area contributed by atoms with Crippen molar-refractivity contribution in [2.45, 2.75) is 46.1 Å². The second-order valence-corrected chi connectivity index (χ2v) is 7.14. The first-order valence-electron chi connectivity index (χ1n) is 8.69. The number of allylic oxidation sites excluding steroid dienone is 2. The van der Waals surface area contributed by atoms with E-state index >= 15 is 0 Å². The largest absolute Gasteiger partial charge is 0.452 e. The number of carbonyl (C=O) groups excluding carboxylic acids is 2. The molecule has 0 bridgehead atoms. The minimum absolute atomic E-state index is 0.129. The normalized spacial score (nSPS) is 18.5. The first-order valence-corrected chi connectivity index (χ1v) is 8.69. The summed E-state index contributed by atoms with van der Waals surface area (Å²) >= 11 is 0. The molecule has 4 rings (SSSR count). The minimum atomic E-state index is -0.300. The summed E-state index contributed by atoms with van der Waals surface area (Å²) in [5.74, 6) is 0.598. The first-order chi connectivity index (χ1) is 12.4. The summed E-state index contributed by atoms with van der Waals surface area (Å²) in [5, 5.41) is 4.39. The van der Waals surface area contributed by atoms with Gasteiger partial charge in [-0.1, -0.05) is 0 Å². The van der Waals surface area contributed by atoms with E-state index in [0.29, 0.717) is 22.8 Å². The van der Waals surface area contributed by atoms with Gasteiger partial charge in [0, 0.05) is 29.4 Å². The van der Waals surface area contributed by atoms with Gasteiger partial charge in [0.05, 0.1) is 12.0 Å². The summed E-state index contributed by atoms with van der Waals surface area (Å²) in [6.45, 7) is 7.76. The fourth-order valence-electron chi connectivity index (χ4n) is 3.61. The Balaban J connectivity index is 1.93. The van der Waals surface area contributed by atoms with Crippen LogP contribution >= 0.6 is 0 Å². The molecular weight excluding hydrogens is 332 g/mol. The molecule has 0 saturated heterocycles. The predicted octanol–water partition coefficient (Wildman–Crippen LogP) is 3.77. The molecule has 3 heterocycles. The number of esters is 1. The molecule has 6 heteroatoms. The molecule has 0 amide bonds. The molecule has 0 radical (unpaired) electrons. The maximum atomic E-state index is 12.6. The van der Waals surface area contributed by atoms with Crippen molar-refractivity contribution in [2.24, 2.45) is 0 Å². The van der Waals surface area contributed by atoms with Crippen LogP contribution in [0.15, 0.2) is 35.7 Å². The SMILES string of the molecule is CC(C)=C1Oc2c(ccc3c2[C@@H](c2ccnn2C(C)C)CC(=O)O3)C1=O. The van der Waals surface area contributed by atoms with Gasteiger partial charge in [-0.2, -0.15) is 5.10 Å². The Kier molecular flexibility index (Phi) is 3.72. The zero-order valence-electron chi connectivity index (χ0n) is 15.2. The number of benzene rings is 1. The Labute approximate surface area is 151 Å². The number of ether oxygens (including phenoxy) is 2. The van der Waals surface area contributed by atoms with Gasteiger partial charge >= 0.3 is 5.97 Å². The summed E-state index contributed by atoms with van der Waals surface area (Å²) < 4.78 is 13.3. The molecular formula is C20H20N2O4. The number of nitrogens with zero attached hydrogens (tertiary/aromatic N) is 2. The van der Waals surface area contributed by atoms with E-state index in [-0.39, 0.29) is 30.1 Å². The lowest BCUT2D eigenvalue weighted by Crippen LogP contribution is -2.24. The predicted molar refractivity (Wildman–Crippen MR) is 94.5 cm³/mol. The van der Waals surface area contributed by atoms with Crippen LogP contribution in [-0.2, 0) is 4.79 Å². The van der Waals surface area contributed by atoms with Crippen LogP contribution in [0, 0.1) is 0 Å². The lowest BCUT2D eigenvalue weighted by atomic mass is 9.87. The van der Waals surface area contributed by atoms with Gasteiger partial charge in [-0.25, -0.2) is 0 Å². The highest BCUT2D eigenvalue weighted by atomic mass is 16.5. The Hall–Kier alpha value is -2.89. The molecule has 1 aromatic heterocycles. The summed E-state index contributed by atoms with van der Waals surface area (Å²) in [5.41, 5.74) is 2.98. The van der Waals surface area contributed by atoms with E-state index in [4.69, 9.17) is 9.47 Å². The van der Waals surface area contributed by atoms with Gasteiger partial charge in [-0.15, -0.1) is 0 Å². The summed E-state index contributed by atoms with van der Waals surface area (Å²) in [6, 6.07) is 5.41. The average molecular weight is 352 g/mol. The standard InChI is InChI=1S/C20H20N2O4/c1-10(2)19-18(24)12-5-6-15-17(20(12)26-19)13(9-16(23)25-15)14-7-8-21-22(14)11(3)4/h5-8,11,13H,9H2,1-4H3/t13-/m1/s1. The monoisotopic (exact) mass is 352 g/mol. The van der Waals surface area contributed by atoms with Crippen LogP contribution in [0.3, 0.4) is 0 Å². The van der Waals surface area contributed by atoms with Crippen molar-refractivity contribution >= 4 is 11.8 Å². The van der Waals surface area contributed by atoms with E-state index in [1.165, 1.54) is 0 Å². The van der Waals surface area contributed by atoms with Crippen molar-refractivity contribution in [3.63, 3.8) is 0 Å². The number of aromatic nitrogens is 2. The van der Waals surface area contributed by atoms with Gasteiger partial charge in [0.1, 0.15) is 11.5 Å². The van der Waals surface area contributed by atoms with E-state index in [9.17, 15) is 9.59 Å². The number of Topliss-reactive ketones (excluding diaryl/α,β-unsaturated/α-hetero) is 1. The van der Waals surface area contributed by atoms with E-state index < -0.39 is 0 Å². The molecule has 0 saturated carbocycles. The summed E-state index contributed by atoms with van der Waals surface area (Å²) in [4.78, 5) is 24.8. The molecule has 134 valence electrons.